The zero-order valence-electron chi connectivity index (χ0n) is 21.2. The van der Waals surface area contributed by atoms with Gasteiger partial charge in [0.05, 0.1) is 36.4 Å². The SMILES string of the molecule is CS(=O)(=O)NC1CCC(c2cnc(N)c(-c3ccc(C(=O)N[C@H](CO)C4CCC=C(Cl)C4)c(F)c3)n2)CC1. The van der Waals surface area contributed by atoms with E-state index in [1.54, 1.807) is 12.3 Å². The highest BCUT2D eigenvalue weighted by Gasteiger charge is 2.28. The molecular formula is C26H33ClFN5O4S. The normalized spacial score (nSPS) is 22.9. The van der Waals surface area contributed by atoms with Gasteiger partial charge in [-0.3, -0.25) is 4.79 Å². The number of carbonyl (C=O) groups excluding carboxylic acids is 1. The summed E-state index contributed by atoms with van der Waals surface area (Å²) in [4.78, 5) is 21.8. The van der Waals surface area contributed by atoms with E-state index in [4.69, 9.17) is 17.3 Å². The molecule has 2 aromatic rings. The van der Waals surface area contributed by atoms with Crippen LogP contribution < -0.4 is 15.8 Å². The van der Waals surface area contributed by atoms with Crippen molar-refractivity contribution < 1.29 is 22.7 Å². The molecule has 2 atom stereocenters. The number of nitrogen functional groups attached to an aromatic ring is 1. The Bertz CT molecular complexity index is 1310. The number of nitrogens with zero attached hydrogens (tertiary/aromatic N) is 2. The topological polar surface area (TPSA) is 147 Å². The number of sulfonamides is 1. The van der Waals surface area contributed by atoms with Crippen molar-refractivity contribution in [3.05, 3.63) is 52.6 Å². The Hall–Kier alpha value is -2.60. The van der Waals surface area contributed by atoms with Crippen LogP contribution in [0.3, 0.4) is 0 Å². The Labute approximate surface area is 227 Å². The van der Waals surface area contributed by atoms with Crippen molar-refractivity contribution >= 4 is 33.3 Å². The minimum atomic E-state index is -3.26. The van der Waals surface area contributed by atoms with Crippen LogP contribution >= 0.6 is 11.6 Å². The number of rotatable bonds is 8. The quantitative estimate of drug-likeness (QED) is 0.383. The third-order valence-corrected chi connectivity index (χ3v) is 8.35. The fraction of sp³-hybridized carbons (Fsp3) is 0.500. The van der Waals surface area contributed by atoms with Crippen molar-refractivity contribution in [2.24, 2.45) is 5.92 Å². The molecule has 0 saturated heterocycles. The molecule has 1 aromatic heterocycles. The van der Waals surface area contributed by atoms with Gasteiger partial charge in [0.15, 0.2) is 0 Å². The first-order valence-corrected chi connectivity index (χ1v) is 15.0. The molecule has 1 amide bonds. The lowest BCUT2D eigenvalue weighted by molar-refractivity contribution is 0.0879. The zero-order chi connectivity index (χ0) is 27.4. The number of hydrogen-bond acceptors (Lipinski definition) is 7. The van der Waals surface area contributed by atoms with Gasteiger partial charge in [-0.05, 0) is 63.0 Å². The number of anilines is 1. The molecule has 1 saturated carbocycles. The predicted molar refractivity (Wildman–Crippen MR) is 144 cm³/mol. The van der Waals surface area contributed by atoms with Crippen LogP contribution in [0.1, 0.15) is 66.9 Å². The molecule has 1 aromatic carbocycles. The van der Waals surface area contributed by atoms with E-state index in [2.05, 4.69) is 20.0 Å². The number of aromatic nitrogens is 2. The first kappa shape index (κ1) is 28.4. The van der Waals surface area contributed by atoms with Gasteiger partial charge in [-0.2, -0.15) is 0 Å². The molecule has 4 rings (SSSR count). The van der Waals surface area contributed by atoms with E-state index in [0.29, 0.717) is 41.2 Å². The second-order valence-electron chi connectivity index (χ2n) is 10.1. The number of amides is 1. The molecule has 38 heavy (non-hydrogen) atoms. The molecule has 206 valence electrons. The van der Waals surface area contributed by atoms with Crippen LogP contribution in [-0.4, -0.2) is 54.3 Å². The average molecular weight is 566 g/mol. The van der Waals surface area contributed by atoms with Crippen LogP contribution in [0.5, 0.6) is 0 Å². The van der Waals surface area contributed by atoms with Crippen LogP contribution in [0, 0.1) is 11.7 Å². The largest absolute Gasteiger partial charge is 0.394 e. The first-order chi connectivity index (χ1) is 18.0. The molecule has 12 heteroatoms. The van der Waals surface area contributed by atoms with Gasteiger partial charge < -0.3 is 16.2 Å². The van der Waals surface area contributed by atoms with Crippen LogP contribution in [0.25, 0.3) is 11.3 Å². The number of nitrogens with two attached hydrogens (primary N) is 1. The van der Waals surface area contributed by atoms with E-state index in [1.165, 1.54) is 12.1 Å². The summed E-state index contributed by atoms with van der Waals surface area (Å²) in [6, 6.07) is 3.51. The highest BCUT2D eigenvalue weighted by molar-refractivity contribution is 7.88. The van der Waals surface area contributed by atoms with Crippen molar-refractivity contribution in [2.45, 2.75) is 62.9 Å². The summed E-state index contributed by atoms with van der Waals surface area (Å²) in [6.07, 6.45) is 9.59. The predicted octanol–water partition coefficient (Wildman–Crippen LogP) is 3.45. The van der Waals surface area contributed by atoms with Gasteiger partial charge in [-0.15, -0.1) is 0 Å². The maximum atomic E-state index is 15.1. The van der Waals surface area contributed by atoms with Crippen LogP contribution in [0.15, 0.2) is 35.5 Å². The van der Waals surface area contributed by atoms with Crippen LogP contribution in [-0.2, 0) is 10.0 Å². The Morgan fingerprint density at radius 1 is 1.26 bits per heavy atom. The Balaban J connectivity index is 1.47. The van der Waals surface area contributed by atoms with Gasteiger partial charge in [0.2, 0.25) is 10.0 Å². The van der Waals surface area contributed by atoms with Crippen LogP contribution in [0.2, 0.25) is 0 Å². The molecule has 1 heterocycles. The summed E-state index contributed by atoms with van der Waals surface area (Å²) in [7, 11) is -3.26. The second-order valence-corrected chi connectivity index (χ2v) is 12.4. The number of benzene rings is 1. The van der Waals surface area contributed by atoms with E-state index in [0.717, 1.165) is 31.9 Å². The van der Waals surface area contributed by atoms with E-state index >= 15 is 4.39 Å². The molecule has 0 spiro atoms. The number of halogens is 2. The van der Waals surface area contributed by atoms with E-state index in [1.807, 2.05) is 6.08 Å². The van der Waals surface area contributed by atoms with Gasteiger partial charge in [0.25, 0.3) is 5.91 Å². The summed E-state index contributed by atoms with van der Waals surface area (Å²) in [5.74, 6) is -1.17. The average Bonchev–Trinajstić information content (AvgIpc) is 2.87. The van der Waals surface area contributed by atoms with Gasteiger partial charge in [0.1, 0.15) is 17.3 Å². The molecular weight excluding hydrogens is 533 g/mol. The lowest BCUT2D eigenvalue weighted by atomic mass is 9.84. The smallest absolute Gasteiger partial charge is 0.254 e. The molecule has 5 N–H and O–H groups in total. The molecule has 1 unspecified atom stereocenters. The standard InChI is InChI=1S/C26H33ClFN5O4S/c1-38(36,37)33-19-8-5-15(6-9-19)22-13-30-25(29)24(31-22)17-7-10-20(21(28)12-17)26(35)32-23(14-34)16-3-2-4-18(27)11-16/h4,7,10,12-13,15-16,19,23,33-34H,2-3,5-6,8-9,11,14H2,1H3,(H2,29,30)(H,32,35)/t15?,16?,19?,23-/m1/s1. The van der Waals surface area contributed by atoms with Crippen LogP contribution in [0.4, 0.5) is 10.2 Å². The van der Waals surface area contributed by atoms with Crippen molar-refractivity contribution in [1.82, 2.24) is 20.0 Å². The first-order valence-electron chi connectivity index (χ1n) is 12.7. The molecule has 0 aliphatic heterocycles. The molecule has 9 nitrogen and oxygen atoms in total. The lowest BCUT2D eigenvalue weighted by Crippen LogP contribution is -2.43. The third-order valence-electron chi connectivity index (χ3n) is 7.28. The van der Waals surface area contributed by atoms with Gasteiger partial charge in [-0.1, -0.05) is 23.7 Å². The van der Waals surface area contributed by atoms with E-state index < -0.39 is 27.8 Å². The number of nitrogens with one attached hydrogen (secondary N) is 2. The van der Waals surface area contributed by atoms with Crippen molar-refractivity contribution in [3.8, 4) is 11.3 Å². The summed E-state index contributed by atoms with van der Waals surface area (Å²) >= 11 is 6.13. The number of hydrogen-bond donors (Lipinski definition) is 4. The van der Waals surface area contributed by atoms with Crippen molar-refractivity contribution in [3.63, 3.8) is 0 Å². The summed E-state index contributed by atoms with van der Waals surface area (Å²) < 4.78 is 40.8. The third kappa shape index (κ3) is 7.07. The Morgan fingerprint density at radius 2 is 2.00 bits per heavy atom. The van der Waals surface area contributed by atoms with E-state index in [-0.39, 0.29) is 35.9 Å². The second kappa shape index (κ2) is 12.1. The summed E-state index contributed by atoms with van der Waals surface area (Å²) in [5, 5.41) is 13.3. The number of aliphatic hydroxyl groups is 1. The van der Waals surface area contributed by atoms with Crippen molar-refractivity contribution in [1.29, 1.82) is 0 Å². The monoisotopic (exact) mass is 565 g/mol. The Kier molecular flexibility index (Phi) is 9.02. The number of allylic oxidation sites excluding steroid dienone is 2. The fourth-order valence-electron chi connectivity index (χ4n) is 5.27. The summed E-state index contributed by atoms with van der Waals surface area (Å²) in [5.41, 5.74) is 7.34. The van der Waals surface area contributed by atoms with Gasteiger partial charge in [-0.25, -0.2) is 27.5 Å². The summed E-state index contributed by atoms with van der Waals surface area (Å²) in [6.45, 7) is -0.272. The Morgan fingerprint density at radius 3 is 2.63 bits per heavy atom. The van der Waals surface area contributed by atoms with E-state index in [9.17, 15) is 18.3 Å². The maximum absolute atomic E-state index is 15.1. The highest BCUT2D eigenvalue weighted by atomic mass is 35.5. The molecule has 0 bridgehead atoms. The zero-order valence-corrected chi connectivity index (χ0v) is 22.7. The molecule has 2 aliphatic rings. The fourth-order valence-corrected chi connectivity index (χ4v) is 6.42. The van der Waals surface area contributed by atoms with Crippen molar-refractivity contribution in [2.75, 3.05) is 18.6 Å². The molecule has 1 fully saturated rings. The molecule has 2 aliphatic carbocycles. The van der Waals surface area contributed by atoms with Gasteiger partial charge >= 0.3 is 0 Å². The van der Waals surface area contributed by atoms with Gasteiger partial charge in [0, 0.05) is 22.6 Å². The highest BCUT2D eigenvalue weighted by Crippen LogP contribution is 2.34. The maximum Gasteiger partial charge on any atom is 0.254 e. The molecule has 0 radical (unpaired) electrons. The minimum absolute atomic E-state index is 0.0289. The number of carbonyl (C=O) groups is 1. The minimum Gasteiger partial charge on any atom is -0.394 e. The number of aliphatic hydroxyl groups excluding tert-OH is 1. The lowest BCUT2D eigenvalue weighted by Gasteiger charge is -2.28.